The summed E-state index contributed by atoms with van der Waals surface area (Å²) in [5.74, 6) is 1.17. The van der Waals surface area contributed by atoms with Crippen LogP contribution in [-0.2, 0) is 0 Å². The molecule has 0 aliphatic carbocycles. The lowest BCUT2D eigenvalue weighted by Crippen LogP contribution is -2.07. The van der Waals surface area contributed by atoms with Crippen LogP contribution in [0.4, 0.5) is 0 Å². The Morgan fingerprint density at radius 1 is 1.38 bits per heavy atom. The van der Waals surface area contributed by atoms with Gasteiger partial charge in [0.1, 0.15) is 0 Å². The quantitative estimate of drug-likeness (QED) is 0.799. The fraction of sp³-hybridized carbons (Fsp3) is 0.333. The second-order valence-electron chi connectivity index (χ2n) is 3.03. The van der Waals surface area contributed by atoms with E-state index in [1.165, 1.54) is 7.11 Å². The fourth-order valence-electron chi connectivity index (χ4n) is 1.20. The highest BCUT2D eigenvalue weighted by Crippen LogP contribution is 2.22. The van der Waals surface area contributed by atoms with Gasteiger partial charge in [0.2, 0.25) is 0 Å². The van der Waals surface area contributed by atoms with Crippen LogP contribution in [0.5, 0.6) is 6.01 Å². The van der Waals surface area contributed by atoms with Gasteiger partial charge in [-0.05, 0) is 13.0 Å². The summed E-state index contributed by atoms with van der Waals surface area (Å²) in [5, 5.41) is 4.15. The van der Waals surface area contributed by atoms with E-state index in [-0.39, 0.29) is 4.83 Å². The molecule has 0 saturated heterocycles. The molecular weight excluding hydrogens is 274 g/mol. The van der Waals surface area contributed by atoms with Crippen molar-refractivity contribution in [3.05, 3.63) is 24.3 Å². The highest BCUT2D eigenvalue weighted by Gasteiger charge is 2.17. The van der Waals surface area contributed by atoms with Gasteiger partial charge in [0.25, 0.3) is 5.95 Å². The number of methoxy groups -OCH3 is 1. The van der Waals surface area contributed by atoms with Gasteiger partial charge in [0.05, 0.1) is 11.9 Å². The average Bonchev–Trinajstić information content (AvgIpc) is 2.74. The lowest BCUT2D eigenvalue weighted by molar-refractivity contribution is 0.379. The molecule has 84 valence electrons. The van der Waals surface area contributed by atoms with E-state index in [4.69, 9.17) is 4.74 Å². The minimum absolute atomic E-state index is 0.0349. The van der Waals surface area contributed by atoms with Crippen LogP contribution >= 0.6 is 15.9 Å². The Bertz CT molecular complexity index is 470. The molecular formula is C9H10BrN5O. The fourth-order valence-corrected chi connectivity index (χ4v) is 1.49. The molecule has 2 heterocycles. The summed E-state index contributed by atoms with van der Waals surface area (Å²) in [6, 6.07) is 2.04. The second kappa shape index (κ2) is 4.56. The largest absolute Gasteiger partial charge is 0.466 e. The number of aromatic nitrogens is 5. The standard InChI is InChI=1S/C9H10BrN5O/c1-6(10)7-13-9(16-2)14-15(7)8-11-4-3-5-12-8/h3-6H,1-2H3. The molecule has 6 nitrogen and oxygen atoms in total. The summed E-state index contributed by atoms with van der Waals surface area (Å²) in [6.07, 6.45) is 3.30. The molecule has 0 spiro atoms. The number of ether oxygens (including phenoxy) is 1. The molecule has 0 bridgehead atoms. The Kier molecular flexibility index (Phi) is 3.14. The topological polar surface area (TPSA) is 65.7 Å². The van der Waals surface area contributed by atoms with Gasteiger partial charge in [-0.1, -0.05) is 15.9 Å². The molecule has 0 N–H and O–H groups in total. The number of alkyl halides is 1. The van der Waals surface area contributed by atoms with E-state index in [1.54, 1.807) is 23.1 Å². The Balaban J connectivity index is 2.51. The summed E-state index contributed by atoms with van der Waals surface area (Å²) in [7, 11) is 1.52. The number of rotatable bonds is 3. The van der Waals surface area contributed by atoms with Crippen molar-refractivity contribution in [3.63, 3.8) is 0 Å². The maximum absolute atomic E-state index is 4.99. The molecule has 1 atom stereocenters. The van der Waals surface area contributed by atoms with Crippen molar-refractivity contribution >= 4 is 15.9 Å². The third-order valence-electron chi connectivity index (χ3n) is 1.89. The minimum atomic E-state index is 0.0349. The van der Waals surface area contributed by atoms with E-state index in [9.17, 15) is 0 Å². The molecule has 0 fully saturated rings. The molecule has 2 aromatic heterocycles. The third-order valence-corrected chi connectivity index (χ3v) is 2.30. The maximum atomic E-state index is 4.99. The van der Waals surface area contributed by atoms with Crippen LogP contribution in [0.3, 0.4) is 0 Å². The Morgan fingerprint density at radius 2 is 2.06 bits per heavy atom. The molecule has 2 rings (SSSR count). The van der Waals surface area contributed by atoms with Crippen molar-refractivity contribution in [2.24, 2.45) is 0 Å². The summed E-state index contributed by atoms with van der Waals surface area (Å²) >= 11 is 3.44. The molecule has 0 aliphatic rings. The van der Waals surface area contributed by atoms with Gasteiger partial charge in [-0.25, -0.2) is 9.97 Å². The lowest BCUT2D eigenvalue weighted by Gasteiger charge is -2.03. The van der Waals surface area contributed by atoms with E-state index >= 15 is 0 Å². The first kappa shape index (κ1) is 11.0. The van der Waals surface area contributed by atoms with Gasteiger partial charge in [-0.15, -0.1) is 5.10 Å². The van der Waals surface area contributed by atoms with Crippen molar-refractivity contribution in [2.45, 2.75) is 11.8 Å². The van der Waals surface area contributed by atoms with E-state index < -0.39 is 0 Å². The molecule has 0 amide bonds. The van der Waals surface area contributed by atoms with Crippen LogP contribution in [0.1, 0.15) is 17.6 Å². The molecule has 1 unspecified atom stereocenters. The lowest BCUT2D eigenvalue weighted by atomic mass is 10.4. The summed E-state index contributed by atoms with van der Waals surface area (Å²) in [6.45, 7) is 1.95. The van der Waals surface area contributed by atoms with Crippen molar-refractivity contribution in [1.82, 2.24) is 24.7 Å². The van der Waals surface area contributed by atoms with Crippen LogP contribution in [0, 0.1) is 0 Å². The van der Waals surface area contributed by atoms with Gasteiger partial charge < -0.3 is 4.74 Å². The zero-order chi connectivity index (χ0) is 11.5. The Morgan fingerprint density at radius 3 is 2.62 bits per heavy atom. The van der Waals surface area contributed by atoms with Crippen LogP contribution < -0.4 is 4.74 Å². The van der Waals surface area contributed by atoms with Crippen LogP contribution in [-0.4, -0.2) is 31.8 Å². The van der Waals surface area contributed by atoms with Crippen LogP contribution in [0.15, 0.2) is 18.5 Å². The van der Waals surface area contributed by atoms with Crippen molar-refractivity contribution < 1.29 is 4.74 Å². The van der Waals surface area contributed by atoms with Crippen molar-refractivity contribution in [1.29, 1.82) is 0 Å². The second-order valence-corrected chi connectivity index (χ2v) is 4.41. The zero-order valence-electron chi connectivity index (χ0n) is 8.83. The van der Waals surface area contributed by atoms with Gasteiger partial charge >= 0.3 is 6.01 Å². The van der Waals surface area contributed by atoms with Gasteiger partial charge in [-0.2, -0.15) is 9.67 Å². The van der Waals surface area contributed by atoms with E-state index in [2.05, 4.69) is 36.0 Å². The zero-order valence-corrected chi connectivity index (χ0v) is 10.4. The van der Waals surface area contributed by atoms with Crippen molar-refractivity contribution in [2.75, 3.05) is 7.11 Å². The molecule has 0 aromatic carbocycles. The molecule has 0 aliphatic heterocycles. The van der Waals surface area contributed by atoms with Gasteiger partial charge in [0, 0.05) is 12.4 Å². The Labute approximate surface area is 101 Å². The molecule has 0 saturated carbocycles. The first-order valence-electron chi connectivity index (χ1n) is 4.64. The summed E-state index contributed by atoms with van der Waals surface area (Å²) < 4.78 is 6.54. The van der Waals surface area contributed by atoms with E-state index in [0.29, 0.717) is 17.8 Å². The monoisotopic (exact) mass is 283 g/mol. The normalized spacial score (nSPS) is 12.4. The first-order valence-corrected chi connectivity index (χ1v) is 5.56. The highest BCUT2D eigenvalue weighted by molar-refractivity contribution is 9.09. The summed E-state index contributed by atoms with van der Waals surface area (Å²) in [5.41, 5.74) is 0. The Hall–Kier alpha value is -1.50. The minimum Gasteiger partial charge on any atom is -0.466 e. The predicted octanol–water partition coefficient (Wildman–Crippen LogP) is 1.52. The smallest absolute Gasteiger partial charge is 0.335 e. The van der Waals surface area contributed by atoms with Crippen LogP contribution in [0.25, 0.3) is 5.95 Å². The summed E-state index contributed by atoms with van der Waals surface area (Å²) in [4.78, 5) is 12.5. The van der Waals surface area contributed by atoms with Crippen molar-refractivity contribution in [3.8, 4) is 12.0 Å². The molecule has 7 heteroatoms. The highest BCUT2D eigenvalue weighted by atomic mass is 79.9. The molecule has 0 radical (unpaired) electrons. The predicted molar refractivity (Wildman–Crippen MR) is 60.8 cm³/mol. The van der Waals surface area contributed by atoms with E-state index in [0.717, 1.165) is 0 Å². The SMILES string of the molecule is COc1nc(C(C)Br)n(-c2ncccn2)n1. The van der Waals surface area contributed by atoms with Gasteiger partial charge in [-0.3, -0.25) is 0 Å². The van der Waals surface area contributed by atoms with E-state index in [1.807, 2.05) is 6.92 Å². The number of nitrogens with zero attached hydrogens (tertiary/aromatic N) is 5. The molecule has 2 aromatic rings. The van der Waals surface area contributed by atoms with Gasteiger partial charge in [0.15, 0.2) is 5.82 Å². The maximum Gasteiger partial charge on any atom is 0.335 e. The number of hydrogen-bond acceptors (Lipinski definition) is 5. The average molecular weight is 284 g/mol. The molecule has 16 heavy (non-hydrogen) atoms. The first-order chi connectivity index (χ1) is 7.72. The number of halogens is 1. The third kappa shape index (κ3) is 2.04. The van der Waals surface area contributed by atoms with Crippen LogP contribution in [0.2, 0.25) is 0 Å². The number of hydrogen-bond donors (Lipinski definition) is 0.